The van der Waals surface area contributed by atoms with Crippen molar-refractivity contribution in [1.29, 1.82) is 5.41 Å². The fourth-order valence-corrected chi connectivity index (χ4v) is 5.73. The molecule has 3 heterocycles. The van der Waals surface area contributed by atoms with Crippen LogP contribution in [0.4, 0.5) is 0 Å². The summed E-state index contributed by atoms with van der Waals surface area (Å²) < 4.78 is 2.28. The predicted octanol–water partition coefficient (Wildman–Crippen LogP) is 2.66. The van der Waals surface area contributed by atoms with E-state index < -0.39 is 5.97 Å². The number of carboxylic acid groups (broad SMARTS) is 1. The number of carboxylic acids is 1. The van der Waals surface area contributed by atoms with E-state index in [2.05, 4.69) is 24.5 Å². The number of hydrogen-bond acceptors (Lipinski definition) is 4. The van der Waals surface area contributed by atoms with Crippen LogP contribution in [0.5, 0.6) is 0 Å². The first-order valence-electron chi connectivity index (χ1n) is 12.0. The number of nitrogen functional groups attached to an aromatic ring is 1. The number of amides is 1. The minimum Gasteiger partial charge on any atom is -0.480 e. The van der Waals surface area contributed by atoms with Crippen LogP contribution in [0.3, 0.4) is 0 Å². The molecular weight excluding hydrogens is 418 g/mol. The highest BCUT2D eigenvalue weighted by Crippen LogP contribution is 2.31. The number of benzene rings is 1. The Bertz CT molecular complexity index is 1060. The van der Waals surface area contributed by atoms with E-state index in [1.807, 2.05) is 28.0 Å². The third kappa shape index (κ3) is 4.76. The van der Waals surface area contributed by atoms with E-state index in [0.717, 1.165) is 61.7 Å². The summed E-state index contributed by atoms with van der Waals surface area (Å²) in [5, 5.41) is 18.1. The number of amidine groups is 1. The van der Waals surface area contributed by atoms with Crippen molar-refractivity contribution in [2.45, 2.75) is 64.6 Å². The van der Waals surface area contributed by atoms with Gasteiger partial charge >= 0.3 is 5.97 Å². The Morgan fingerprint density at radius 2 is 2.06 bits per heavy atom. The molecule has 178 valence electrons. The monoisotopic (exact) mass is 453 g/mol. The quantitative estimate of drug-likeness (QED) is 0.420. The second-order valence-electron chi connectivity index (χ2n) is 9.61. The fraction of sp³-hybridized carbons (Fsp3) is 0.560. The Morgan fingerprint density at radius 1 is 1.27 bits per heavy atom. The fourth-order valence-electron chi connectivity index (χ4n) is 5.73. The maximum absolute atomic E-state index is 13.4. The van der Waals surface area contributed by atoms with Crippen LogP contribution < -0.4 is 5.73 Å². The Hall–Kier alpha value is -2.87. The Balaban J connectivity index is 1.50. The number of fused-ring (bicyclic) bond motifs is 1. The zero-order chi connectivity index (χ0) is 23.7. The Morgan fingerprint density at radius 3 is 2.76 bits per heavy atom. The molecule has 1 aromatic carbocycles. The molecule has 0 aliphatic carbocycles. The van der Waals surface area contributed by atoms with Gasteiger partial charge in [0, 0.05) is 35.9 Å². The lowest BCUT2D eigenvalue weighted by Crippen LogP contribution is -2.48. The van der Waals surface area contributed by atoms with Crippen molar-refractivity contribution in [3.63, 3.8) is 0 Å². The second-order valence-corrected chi connectivity index (χ2v) is 9.61. The molecule has 2 fully saturated rings. The standard InChI is InChI=1S/C25H35N5O3/c1-3-29-20(12-17-6-7-18(24(26)27)13-22(17)29)9-8-19-11-16(2)14-30(19)25(33)21-5-4-10-28(21)15-23(31)32/h6-7,12-13,16,19,21H,3-5,8-11,14-15H2,1-2H3,(H3,26,27)(H,31,32). The summed E-state index contributed by atoms with van der Waals surface area (Å²) in [5.74, 6) is -0.254. The minimum atomic E-state index is -0.874. The number of rotatable bonds is 8. The highest BCUT2D eigenvalue weighted by molar-refractivity contribution is 5.98. The van der Waals surface area contributed by atoms with Gasteiger partial charge in [0.15, 0.2) is 0 Å². The van der Waals surface area contributed by atoms with Crippen LogP contribution in [0.15, 0.2) is 24.3 Å². The molecule has 8 heteroatoms. The molecule has 1 amide bonds. The van der Waals surface area contributed by atoms with Gasteiger partial charge in [-0.15, -0.1) is 0 Å². The SMILES string of the molecule is CCn1c(CCC2CC(C)CN2C(=O)C2CCCN2CC(=O)O)cc2ccc(C(=N)N)cc21. The summed E-state index contributed by atoms with van der Waals surface area (Å²) >= 11 is 0. The molecule has 2 aliphatic rings. The number of nitrogens with two attached hydrogens (primary N) is 1. The molecule has 4 rings (SSSR count). The van der Waals surface area contributed by atoms with Crippen LogP contribution in [0, 0.1) is 11.3 Å². The zero-order valence-corrected chi connectivity index (χ0v) is 19.6. The maximum Gasteiger partial charge on any atom is 0.317 e. The number of aryl methyl sites for hydroxylation is 2. The van der Waals surface area contributed by atoms with Gasteiger partial charge in [0.1, 0.15) is 5.84 Å². The van der Waals surface area contributed by atoms with Gasteiger partial charge < -0.3 is 20.3 Å². The summed E-state index contributed by atoms with van der Waals surface area (Å²) in [6.07, 6.45) is 4.35. The van der Waals surface area contributed by atoms with E-state index in [1.165, 1.54) is 5.69 Å². The van der Waals surface area contributed by atoms with Gasteiger partial charge in [-0.3, -0.25) is 19.9 Å². The lowest BCUT2D eigenvalue weighted by Gasteiger charge is -2.31. The lowest BCUT2D eigenvalue weighted by molar-refractivity contribution is -0.141. The largest absolute Gasteiger partial charge is 0.480 e. The smallest absolute Gasteiger partial charge is 0.317 e. The Labute approximate surface area is 194 Å². The molecule has 2 saturated heterocycles. The van der Waals surface area contributed by atoms with Crippen molar-refractivity contribution < 1.29 is 14.7 Å². The number of nitrogens with zero attached hydrogens (tertiary/aromatic N) is 3. The van der Waals surface area contributed by atoms with E-state index in [4.69, 9.17) is 11.1 Å². The van der Waals surface area contributed by atoms with Gasteiger partial charge in [0.25, 0.3) is 0 Å². The van der Waals surface area contributed by atoms with Crippen molar-refractivity contribution >= 4 is 28.6 Å². The minimum absolute atomic E-state index is 0.0661. The summed E-state index contributed by atoms with van der Waals surface area (Å²) in [4.78, 5) is 28.5. The molecule has 8 nitrogen and oxygen atoms in total. The average Bonchev–Trinajstić information content (AvgIpc) is 3.46. The number of hydrogen-bond donors (Lipinski definition) is 3. The second kappa shape index (κ2) is 9.55. The van der Waals surface area contributed by atoms with Gasteiger partial charge in [-0.05, 0) is 69.0 Å². The third-order valence-electron chi connectivity index (χ3n) is 7.24. The molecule has 2 aliphatic heterocycles. The first-order valence-corrected chi connectivity index (χ1v) is 12.0. The van der Waals surface area contributed by atoms with Crippen molar-refractivity contribution in [3.8, 4) is 0 Å². The molecule has 3 unspecified atom stereocenters. The van der Waals surface area contributed by atoms with E-state index in [9.17, 15) is 14.7 Å². The molecule has 0 saturated carbocycles. The van der Waals surface area contributed by atoms with Crippen LogP contribution in [-0.4, -0.2) is 68.9 Å². The summed E-state index contributed by atoms with van der Waals surface area (Å²) in [7, 11) is 0. The normalized spacial score (nSPS) is 23.5. The zero-order valence-electron chi connectivity index (χ0n) is 19.6. The first-order chi connectivity index (χ1) is 15.8. The number of carbonyl (C=O) groups is 2. The maximum atomic E-state index is 13.4. The van der Waals surface area contributed by atoms with Crippen molar-refractivity contribution in [2.24, 2.45) is 11.7 Å². The van der Waals surface area contributed by atoms with Crippen molar-refractivity contribution in [1.82, 2.24) is 14.4 Å². The summed E-state index contributed by atoms with van der Waals surface area (Å²) in [5.41, 5.74) is 8.73. The summed E-state index contributed by atoms with van der Waals surface area (Å²) in [6.45, 7) is 6.50. The number of aromatic nitrogens is 1. The summed E-state index contributed by atoms with van der Waals surface area (Å²) in [6, 6.07) is 7.97. The predicted molar refractivity (Wildman–Crippen MR) is 128 cm³/mol. The van der Waals surface area contributed by atoms with Crippen molar-refractivity contribution in [2.75, 3.05) is 19.6 Å². The molecule has 0 bridgehead atoms. The molecule has 0 spiro atoms. The van der Waals surface area contributed by atoms with E-state index in [1.54, 1.807) is 0 Å². The van der Waals surface area contributed by atoms with E-state index in [0.29, 0.717) is 12.5 Å². The highest BCUT2D eigenvalue weighted by atomic mass is 16.4. The first kappa shape index (κ1) is 23.3. The molecule has 1 aromatic heterocycles. The van der Waals surface area contributed by atoms with Crippen LogP contribution in [0.2, 0.25) is 0 Å². The number of aliphatic carboxylic acids is 1. The van der Waals surface area contributed by atoms with Crippen LogP contribution in [0.1, 0.15) is 50.8 Å². The Kier molecular flexibility index (Phi) is 6.74. The van der Waals surface area contributed by atoms with Crippen LogP contribution in [0.25, 0.3) is 10.9 Å². The van der Waals surface area contributed by atoms with Crippen LogP contribution >= 0.6 is 0 Å². The van der Waals surface area contributed by atoms with Gasteiger partial charge in [0.05, 0.1) is 12.6 Å². The average molecular weight is 454 g/mol. The van der Waals surface area contributed by atoms with E-state index in [-0.39, 0.29) is 30.4 Å². The number of likely N-dealkylation sites (tertiary alicyclic amines) is 2. The molecule has 0 radical (unpaired) electrons. The highest BCUT2D eigenvalue weighted by Gasteiger charge is 2.40. The van der Waals surface area contributed by atoms with Gasteiger partial charge in [-0.25, -0.2) is 0 Å². The number of carbonyl (C=O) groups excluding carboxylic acids is 1. The molecular formula is C25H35N5O3. The third-order valence-corrected chi connectivity index (χ3v) is 7.24. The van der Waals surface area contributed by atoms with Gasteiger partial charge in [-0.1, -0.05) is 19.1 Å². The van der Waals surface area contributed by atoms with Gasteiger partial charge in [-0.2, -0.15) is 0 Å². The van der Waals surface area contributed by atoms with Crippen LogP contribution in [-0.2, 0) is 22.6 Å². The van der Waals surface area contributed by atoms with E-state index >= 15 is 0 Å². The lowest BCUT2D eigenvalue weighted by atomic mass is 10.0. The molecule has 33 heavy (non-hydrogen) atoms. The topological polar surface area (TPSA) is 116 Å². The molecule has 3 atom stereocenters. The molecule has 4 N–H and O–H groups in total. The van der Waals surface area contributed by atoms with Gasteiger partial charge in [0.2, 0.25) is 5.91 Å². The molecule has 2 aromatic rings. The van der Waals surface area contributed by atoms with Crippen molar-refractivity contribution in [3.05, 3.63) is 35.5 Å². The number of nitrogens with one attached hydrogen (secondary N) is 1.